The fourth-order valence-corrected chi connectivity index (χ4v) is 5.20. The molecule has 0 radical (unpaired) electrons. The average Bonchev–Trinajstić information content (AvgIpc) is 3.36. The number of nitrogens with one attached hydrogen (secondary N) is 1. The van der Waals surface area contributed by atoms with Gasteiger partial charge in [-0.1, -0.05) is 39.7 Å². The van der Waals surface area contributed by atoms with Gasteiger partial charge in [0.1, 0.15) is 11.5 Å². The summed E-state index contributed by atoms with van der Waals surface area (Å²) in [4.78, 5) is 13.5. The van der Waals surface area contributed by atoms with Gasteiger partial charge in [-0.15, -0.1) is 0 Å². The Morgan fingerprint density at radius 2 is 2.09 bits per heavy atom. The third-order valence-electron chi connectivity index (χ3n) is 6.13. The molecule has 32 heavy (non-hydrogen) atoms. The molecule has 3 aromatic rings. The number of amides is 1. The first kappa shape index (κ1) is 19.6. The summed E-state index contributed by atoms with van der Waals surface area (Å²) in [5.74, 6) is 1.10. The Labute approximate surface area is 197 Å². The lowest BCUT2D eigenvalue weighted by Crippen LogP contribution is -2.55. The lowest BCUT2D eigenvalue weighted by molar-refractivity contribution is -0.161. The van der Waals surface area contributed by atoms with E-state index in [1.165, 1.54) is 0 Å². The Kier molecular flexibility index (Phi) is 4.29. The van der Waals surface area contributed by atoms with E-state index in [1.807, 2.05) is 54.6 Å². The number of rotatable bonds is 2. The van der Waals surface area contributed by atoms with Gasteiger partial charge < -0.3 is 14.8 Å². The minimum absolute atomic E-state index is 0.214. The largest absolute Gasteiger partial charge is 0.497 e. The lowest BCUT2D eigenvalue weighted by Gasteiger charge is -2.44. The molecule has 2 atom stereocenters. The van der Waals surface area contributed by atoms with Crippen LogP contribution in [0.2, 0.25) is 5.02 Å². The molecule has 0 unspecified atom stereocenters. The van der Waals surface area contributed by atoms with Crippen LogP contribution in [-0.2, 0) is 10.5 Å². The fraction of sp³-hybridized carbons (Fsp3) is 0.167. The van der Waals surface area contributed by atoms with Crippen molar-refractivity contribution >= 4 is 44.8 Å². The van der Waals surface area contributed by atoms with E-state index < -0.39 is 5.72 Å². The molecular formula is C24H17BrClN3O3. The molecule has 0 aromatic heterocycles. The molecule has 3 aliphatic heterocycles. The van der Waals surface area contributed by atoms with E-state index in [2.05, 4.69) is 21.2 Å². The Morgan fingerprint density at radius 3 is 2.94 bits per heavy atom. The summed E-state index contributed by atoms with van der Waals surface area (Å²) < 4.78 is 12.7. The van der Waals surface area contributed by atoms with E-state index in [4.69, 9.17) is 26.2 Å². The molecular weight excluding hydrogens is 494 g/mol. The van der Waals surface area contributed by atoms with Crippen molar-refractivity contribution in [1.29, 1.82) is 0 Å². The number of fused-ring (bicyclic) bond motifs is 6. The van der Waals surface area contributed by atoms with Crippen molar-refractivity contribution in [2.24, 2.45) is 5.10 Å². The number of benzene rings is 3. The Bertz CT molecular complexity index is 1330. The van der Waals surface area contributed by atoms with Crippen LogP contribution in [-0.4, -0.2) is 23.7 Å². The molecule has 0 aliphatic carbocycles. The van der Waals surface area contributed by atoms with Crippen molar-refractivity contribution in [3.05, 3.63) is 86.8 Å². The summed E-state index contributed by atoms with van der Waals surface area (Å²) in [7, 11) is 1.64. The number of hydrazone groups is 1. The number of nitrogens with zero attached hydrogens (tertiary/aromatic N) is 2. The van der Waals surface area contributed by atoms with Crippen molar-refractivity contribution in [2.75, 3.05) is 12.4 Å². The van der Waals surface area contributed by atoms with E-state index in [0.717, 1.165) is 32.6 Å². The second kappa shape index (κ2) is 6.98. The number of ether oxygens (including phenoxy) is 2. The van der Waals surface area contributed by atoms with Crippen LogP contribution in [0, 0.1) is 0 Å². The van der Waals surface area contributed by atoms with Gasteiger partial charge in [-0.3, -0.25) is 4.79 Å². The normalized spacial score (nSPS) is 22.6. The van der Waals surface area contributed by atoms with E-state index >= 15 is 0 Å². The van der Waals surface area contributed by atoms with Gasteiger partial charge >= 0.3 is 5.72 Å². The summed E-state index contributed by atoms with van der Waals surface area (Å²) in [5, 5.41) is 10.3. The third kappa shape index (κ3) is 2.71. The number of halogens is 2. The lowest BCUT2D eigenvalue weighted by atomic mass is 9.92. The summed E-state index contributed by atoms with van der Waals surface area (Å²) in [5.41, 5.74) is 2.70. The Hall–Kier alpha value is -3.03. The van der Waals surface area contributed by atoms with Crippen LogP contribution >= 0.6 is 27.5 Å². The quantitative estimate of drug-likeness (QED) is 0.497. The van der Waals surface area contributed by atoms with Crippen LogP contribution in [0.15, 0.2) is 70.2 Å². The van der Waals surface area contributed by atoms with E-state index in [9.17, 15) is 4.79 Å². The zero-order valence-corrected chi connectivity index (χ0v) is 19.3. The van der Waals surface area contributed by atoms with Gasteiger partial charge in [0.2, 0.25) is 0 Å². The zero-order chi connectivity index (χ0) is 22.0. The van der Waals surface area contributed by atoms with E-state index in [0.29, 0.717) is 22.9 Å². The predicted octanol–water partition coefficient (Wildman–Crippen LogP) is 5.46. The zero-order valence-electron chi connectivity index (χ0n) is 16.9. The topological polar surface area (TPSA) is 63.2 Å². The summed E-state index contributed by atoms with van der Waals surface area (Å²) in [6.45, 7) is 0. The first-order chi connectivity index (χ1) is 15.5. The van der Waals surface area contributed by atoms with Gasteiger partial charge in [0, 0.05) is 27.0 Å². The van der Waals surface area contributed by atoms with Crippen LogP contribution in [0.25, 0.3) is 0 Å². The highest BCUT2D eigenvalue weighted by Crippen LogP contribution is 2.54. The second-order valence-corrected chi connectivity index (χ2v) is 9.27. The first-order valence-corrected chi connectivity index (χ1v) is 11.3. The highest BCUT2D eigenvalue weighted by Gasteiger charge is 2.61. The van der Waals surface area contributed by atoms with Crippen LogP contribution in [0.1, 0.15) is 29.2 Å². The first-order valence-electron chi connectivity index (χ1n) is 10.1. The molecule has 0 saturated carbocycles. The maximum atomic E-state index is 13.5. The molecule has 3 heterocycles. The fourth-order valence-electron chi connectivity index (χ4n) is 4.66. The number of methoxy groups -OCH3 is 1. The van der Waals surface area contributed by atoms with Crippen molar-refractivity contribution in [1.82, 2.24) is 5.01 Å². The minimum Gasteiger partial charge on any atom is -0.497 e. The van der Waals surface area contributed by atoms with Gasteiger partial charge in [-0.2, -0.15) is 5.10 Å². The molecule has 3 aliphatic rings. The number of hydrogen-bond donors (Lipinski definition) is 1. The highest BCUT2D eigenvalue weighted by molar-refractivity contribution is 9.10. The van der Waals surface area contributed by atoms with Crippen molar-refractivity contribution in [2.45, 2.75) is 18.2 Å². The predicted molar refractivity (Wildman–Crippen MR) is 125 cm³/mol. The van der Waals surface area contributed by atoms with E-state index in [-0.39, 0.29) is 11.9 Å². The molecule has 0 bridgehead atoms. The Balaban J connectivity index is 1.57. The summed E-state index contributed by atoms with van der Waals surface area (Å²) in [6, 6.07) is 18.7. The number of carbonyl (C=O) groups excluding carboxylic acids is 1. The van der Waals surface area contributed by atoms with Crippen molar-refractivity contribution in [3.63, 3.8) is 0 Å². The van der Waals surface area contributed by atoms with Crippen molar-refractivity contribution < 1.29 is 14.3 Å². The number of carbonyl (C=O) groups is 1. The minimum atomic E-state index is -1.41. The highest BCUT2D eigenvalue weighted by atomic mass is 79.9. The third-order valence-corrected chi connectivity index (χ3v) is 6.86. The molecule has 1 spiro atoms. The maximum Gasteiger partial charge on any atom is 0.306 e. The molecule has 3 aromatic carbocycles. The van der Waals surface area contributed by atoms with Crippen LogP contribution in [0.4, 0.5) is 5.69 Å². The number of anilines is 1. The molecule has 160 valence electrons. The van der Waals surface area contributed by atoms with Crippen LogP contribution in [0.3, 0.4) is 0 Å². The van der Waals surface area contributed by atoms with Gasteiger partial charge in [-0.25, -0.2) is 5.01 Å². The maximum absolute atomic E-state index is 13.5. The smallest absolute Gasteiger partial charge is 0.306 e. The molecule has 1 amide bonds. The van der Waals surface area contributed by atoms with Crippen LogP contribution < -0.4 is 14.8 Å². The molecule has 6 nitrogen and oxygen atoms in total. The summed E-state index contributed by atoms with van der Waals surface area (Å²) >= 11 is 9.86. The van der Waals surface area contributed by atoms with E-state index in [1.54, 1.807) is 18.2 Å². The van der Waals surface area contributed by atoms with Gasteiger partial charge in [0.25, 0.3) is 5.91 Å². The van der Waals surface area contributed by atoms with Gasteiger partial charge in [-0.05, 0) is 48.5 Å². The standard InChI is InChI=1S/C24H17BrClN3O3/c1-31-16-4-2-3-13(9-16)20-12-21-17-11-15(26)6-8-22(17)32-24(29(21)28-20)18-10-14(25)5-7-19(18)27-23(24)30/h2-11,21H,12H2,1H3,(H,27,30)/t21-,24+/m1/s1. The molecule has 1 N–H and O–H groups in total. The SMILES string of the molecule is COc1cccc(C2=NN3[C@H](C2)c2cc(Cl)ccc2O[C@@]32C(=O)Nc3ccc(Br)cc32)c1. The van der Waals surface area contributed by atoms with Crippen molar-refractivity contribution in [3.8, 4) is 11.5 Å². The van der Waals surface area contributed by atoms with Gasteiger partial charge in [0.05, 0.1) is 30.1 Å². The van der Waals surface area contributed by atoms with Crippen LogP contribution in [0.5, 0.6) is 11.5 Å². The monoisotopic (exact) mass is 509 g/mol. The molecule has 8 heteroatoms. The molecule has 6 rings (SSSR count). The molecule has 0 saturated heterocycles. The van der Waals surface area contributed by atoms with Gasteiger partial charge in [0.15, 0.2) is 0 Å². The molecule has 0 fully saturated rings. The number of hydrogen-bond acceptors (Lipinski definition) is 5. The average molecular weight is 511 g/mol. The second-order valence-electron chi connectivity index (χ2n) is 7.92. The Morgan fingerprint density at radius 1 is 1.22 bits per heavy atom. The summed E-state index contributed by atoms with van der Waals surface area (Å²) in [6.07, 6.45) is 0.599.